The van der Waals surface area contributed by atoms with E-state index in [1.165, 1.54) is 36.8 Å². The van der Waals surface area contributed by atoms with Gasteiger partial charge in [-0.25, -0.2) is 0 Å². The lowest BCUT2D eigenvalue weighted by atomic mass is 9.87. The summed E-state index contributed by atoms with van der Waals surface area (Å²) in [6.45, 7) is 12.5. The first-order chi connectivity index (χ1) is 9.67. The molecule has 0 aromatic heterocycles. The van der Waals surface area contributed by atoms with Gasteiger partial charge in [-0.2, -0.15) is 0 Å². The standard InChI is InChI=1S/C19H33N/c1-6-14-20-19(16(8-3)9-4)18-12-10-17(11-13-18)15(5)7-2/h10-13,15-16,19-20H,6-9,14H2,1-5H3. The van der Waals surface area contributed by atoms with Gasteiger partial charge in [0.2, 0.25) is 0 Å². The largest absolute Gasteiger partial charge is 0.310 e. The molecule has 1 nitrogen and oxygen atoms in total. The van der Waals surface area contributed by atoms with E-state index in [4.69, 9.17) is 0 Å². The Hall–Kier alpha value is -0.820. The molecule has 0 aliphatic heterocycles. The third-order valence-electron chi connectivity index (χ3n) is 4.61. The fourth-order valence-electron chi connectivity index (χ4n) is 2.88. The summed E-state index contributed by atoms with van der Waals surface area (Å²) >= 11 is 0. The molecule has 0 spiro atoms. The molecule has 2 unspecified atom stereocenters. The van der Waals surface area contributed by atoms with E-state index >= 15 is 0 Å². The van der Waals surface area contributed by atoms with Gasteiger partial charge in [0.25, 0.3) is 0 Å². The first kappa shape index (κ1) is 17.2. The van der Waals surface area contributed by atoms with Crippen LogP contribution in [0.1, 0.15) is 83.4 Å². The molecule has 1 aromatic rings. The van der Waals surface area contributed by atoms with Crippen LogP contribution < -0.4 is 5.32 Å². The number of hydrogen-bond donors (Lipinski definition) is 1. The average molecular weight is 275 g/mol. The zero-order valence-electron chi connectivity index (χ0n) is 14.1. The van der Waals surface area contributed by atoms with Gasteiger partial charge < -0.3 is 5.32 Å². The molecule has 0 bridgehead atoms. The fourth-order valence-corrected chi connectivity index (χ4v) is 2.88. The van der Waals surface area contributed by atoms with Gasteiger partial charge >= 0.3 is 0 Å². The molecule has 0 heterocycles. The van der Waals surface area contributed by atoms with Gasteiger partial charge in [0.05, 0.1) is 0 Å². The third kappa shape index (κ3) is 4.63. The van der Waals surface area contributed by atoms with Gasteiger partial charge in [0, 0.05) is 6.04 Å². The molecular formula is C19H33N. The maximum atomic E-state index is 3.75. The van der Waals surface area contributed by atoms with E-state index in [1.807, 2.05) is 0 Å². The van der Waals surface area contributed by atoms with Crippen LogP contribution in [0.2, 0.25) is 0 Å². The predicted molar refractivity (Wildman–Crippen MR) is 90.3 cm³/mol. The molecule has 20 heavy (non-hydrogen) atoms. The van der Waals surface area contributed by atoms with Crippen LogP contribution in [-0.4, -0.2) is 6.54 Å². The van der Waals surface area contributed by atoms with Gasteiger partial charge in [-0.3, -0.25) is 0 Å². The topological polar surface area (TPSA) is 12.0 Å². The van der Waals surface area contributed by atoms with Crippen molar-refractivity contribution in [1.29, 1.82) is 0 Å². The van der Waals surface area contributed by atoms with Crippen molar-refractivity contribution in [2.75, 3.05) is 6.54 Å². The zero-order chi connectivity index (χ0) is 15.0. The summed E-state index contributed by atoms with van der Waals surface area (Å²) in [4.78, 5) is 0. The van der Waals surface area contributed by atoms with Crippen LogP contribution in [0, 0.1) is 5.92 Å². The second kappa shape index (κ2) is 9.18. The van der Waals surface area contributed by atoms with Crippen molar-refractivity contribution >= 4 is 0 Å². The molecule has 2 atom stereocenters. The normalized spacial score (nSPS) is 14.5. The smallest absolute Gasteiger partial charge is 0.0348 e. The molecule has 0 saturated carbocycles. The summed E-state index contributed by atoms with van der Waals surface area (Å²) in [5.41, 5.74) is 2.93. The van der Waals surface area contributed by atoms with Crippen LogP contribution in [0.25, 0.3) is 0 Å². The zero-order valence-corrected chi connectivity index (χ0v) is 14.1. The van der Waals surface area contributed by atoms with Crippen molar-refractivity contribution in [3.8, 4) is 0 Å². The van der Waals surface area contributed by atoms with E-state index in [1.54, 1.807) is 0 Å². The van der Waals surface area contributed by atoms with Gasteiger partial charge in [-0.1, -0.05) is 71.7 Å². The molecule has 114 valence electrons. The van der Waals surface area contributed by atoms with Crippen LogP contribution in [0.3, 0.4) is 0 Å². The van der Waals surface area contributed by atoms with E-state index in [-0.39, 0.29) is 0 Å². The summed E-state index contributed by atoms with van der Waals surface area (Å²) in [7, 11) is 0. The molecule has 1 N–H and O–H groups in total. The van der Waals surface area contributed by atoms with Crippen molar-refractivity contribution in [3.05, 3.63) is 35.4 Å². The number of nitrogens with one attached hydrogen (secondary N) is 1. The van der Waals surface area contributed by atoms with Crippen molar-refractivity contribution in [2.45, 2.75) is 72.3 Å². The lowest BCUT2D eigenvalue weighted by molar-refractivity contribution is 0.341. The average Bonchev–Trinajstić information content (AvgIpc) is 2.51. The first-order valence-corrected chi connectivity index (χ1v) is 8.50. The molecule has 0 aliphatic rings. The SMILES string of the molecule is CCCNC(c1ccc(C(C)CC)cc1)C(CC)CC. The maximum Gasteiger partial charge on any atom is 0.0348 e. The van der Waals surface area contributed by atoms with Gasteiger partial charge in [-0.15, -0.1) is 0 Å². The molecule has 0 saturated heterocycles. The Morgan fingerprint density at radius 3 is 1.85 bits per heavy atom. The first-order valence-electron chi connectivity index (χ1n) is 8.50. The van der Waals surface area contributed by atoms with E-state index in [2.05, 4.69) is 64.2 Å². The molecule has 0 fully saturated rings. The Balaban J connectivity index is 2.89. The third-order valence-corrected chi connectivity index (χ3v) is 4.61. The van der Waals surface area contributed by atoms with Crippen LogP contribution >= 0.6 is 0 Å². The minimum absolute atomic E-state index is 0.510. The Kier molecular flexibility index (Phi) is 7.91. The second-order valence-electron chi connectivity index (χ2n) is 5.98. The van der Waals surface area contributed by atoms with Crippen LogP contribution in [0.5, 0.6) is 0 Å². The Morgan fingerprint density at radius 2 is 1.40 bits per heavy atom. The Labute approximate surface area is 126 Å². The lowest BCUT2D eigenvalue weighted by Crippen LogP contribution is -2.28. The Morgan fingerprint density at radius 1 is 0.850 bits per heavy atom. The Bertz CT molecular complexity index is 351. The van der Waals surface area contributed by atoms with E-state index in [0.717, 1.165) is 12.5 Å². The second-order valence-corrected chi connectivity index (χ2v) is 5.98. The molecule has 1 aromatic carbocycles. The van der Waals surface area contributed by atoms with Crippen LogP contribution in [-0.2, 0) is 0 Å². The minimum atomic E-state index is 0.510. The van der Waals surface area contributed by atoms with Crippen molar-refractivity contribution in [3.63, 3.8) is 0 Å². The van der Waals surface area contributed by atoms with E-state index in [9.17, 15) is 0 Å². The van der Waals surface area contributed by atoms with Crippen molar-refractivity contribution in [2.24, 2.45) is 5.92 Å². The number of hydrogen-bond acceptors (Lipinski definition) is 1. The van der Waals surface area contributed by atoms with E-state index < -0.39 is 0 Å². The highest BCUT2D eigenvalue weighted by Gasteiger charge is 2.19. The predicted octanol–water partition coefficient (Wildman–Crippen LogP) is 5.68. The molecule has 1 rings (SSSR count). The fraction of sp³-hybridized carbons (Fsp3) is 0.684. The maximum absolute atomic E-state index is 3.75. The van der Waals surface area contributed by atoms with Crippen molar-refractivity contribution in [1.82, 2.24) is 5.32 Å². The summed E-state index contributed by atoms with van der Waals surface area (Å²) in [5.74, 6) is 1.40. The summed E-state index contributed by atoms with van der Waals surface area (Å²) < 4.78 is 0. The van der Waals surface area contributed by atoms with E-state index in [0.29, 0.717) is 12.0 Å². The molecular weight excluding hydrogens is 242 g/mol. The van der Waals surface area contributed by atoms with Crippen LogP contribution in [0.4, 0.5) is 0 Å². The number of benzene rings is 1. The molecule has 0 radical (unpaired) electrons. The summed E-state index contributed by atoms with van der Waals surface area (Å²) in [6.07, 6.45) is 4.89. The molecule has 0 aliphatic carbocycles. The summed E-state index contributed by atoms with van der Waals surface area (Å²) in [5, 5.41) is 3.75. The lowest BCUT2D eigenvalue weighted by Gasteiger charge is -2.27. The van der Waals surface area contributed by atoms with Crippen LogP contribution in [0.15, 0.2) is 24.3 Å². The van der Waals surface area contributed by atoms with Gasteiger partial charge in [0.1, 0.15) is 0 Å². The highest BCUT2D eigenvalue weighted by Crippen LogP contribution is 2.29. The quantitative estimate of drug-likeness (QED) is 0.611. The monoisotopic (exact) mass is 275 g/mol. The highest BCUT2D eigenvalue weighted by atomic mass is 14.9. The molecule has 1 heteroatoms. The summed E-state index contributed by atoms with van der Waals surface area (Å²) in [6, 6.07) is 9.84. The highest BCUT2D eigenvalue weighted by molar-refractivity contribution is 5.27. The van der Waals surface area contributed by atoms with Gasteiger partial charge in [0.15, 0.2) is 0 Å². The van der Waals surface area contributed by atoms with Gasteiger partial charge in [-0.05, 0) is 42.3 Å². The minimum Gasteiger partial charge on any atom is -0.310 e. The number of rotatable bonds is 9. The van der Waals surface area contributed by atoms with Crippen molar-refractivity contribution < 1.29 is 0 Å². The molecule has 0 amide bonds.